The maximum atomic E-state index is 13.2. The van der Waals surface area contributed by atoms with Crippen LogP contribution in [0.3, 0.4) is 0 Å². The number of nitrogens with two attached hydrogens (primary N) is 1. The number of halogens is 1. The summed E-state index contributed by atoms with van der Waals surface area (Å²) in [6.45, 7) is 1.64. The van der Waals surface area contributed by atoms with Crippen molar-refractivity contribution < 1.29 is 4.39 Å². The first-order valence-electron chi connectivity index (χ1n) is 3.60. The number of nitrogen functional groups attached to an aromatic ring is 1. The van der Waals surface area contributed by atoms with Gasteiger partial charge in [-0.05, 0) is 13.0 Å². The van der Waals surface area contributed by atoms with E-state index in [9.17, 15) is 4.39 Å². The van der Waals surface area contributed by atoms with Gasteiger partial charge in [0.2, 0.25) is 0 Å². The van der Waals surface area contributed by atoms with E-state index in [1.165, 1.54) is 6.07 Å². The van der Waals surface area contributed by atoms with E-state index in [2.05, 4.69) is 0 Å². The number of hydrogen-bond acceptors (Lipinski definition) is 2. The minimum absolute atomic E-state index is 0.0922. The Morgan fingerprint density at radius 1 is 1.58 bits per heavy atom. The molecule has 1 atom stereocenters. The van der Waals surface area contributed by atoms with Crippen LogP contribution < -0.4 is 5.73 Å². The molecule has 62 valence electrons. The van der Waals surface area contributed by atoms with Crippen LogP contribution in [-0.2, 0) is 0 Å². The van der Waals surface area contributed by atoms with Crippen molar-refractivity contribution in [2.24, 2.45) is 0 Å². The van der Waals surface area contributed by atoms with E-state index >= 15 is 0 Å². The molecule has 0 fully saturated rings. The predicted molar refractivity (Wildman–Crippen MR) is 44.8 cm³/mol. The first-order chi connectivity index (χ1) is 5.66. The lowest BCUT2D eigenvalue weighted by atomic mass is 10.0. The molecule has 0 aromatic heterocycles. The van der Waals surface area contributed by atoms with Crippen molar-refractivity contribution in [2.75, 3.05) is 5.73 Å². The zero-order valence-corrected chi connectivity index (χ0v) is 6.71. The largest absolute Gasteiger partial charge is 0.396 e. The Labute approximate surface area is 70.4 Å². The van der Waals surface area contributed by atoms with E-state index in [4.69, 9.17) is 11.0 Å². The Morgan fingerprint density at radius 2 is 2.25 bits per heavy atom. The third-order valence-electron chi connectivity index (χ3n) is 1.72. The molecule has 0 radical (unpaired) electrons. The minimum Gasteiger partial charge on any atom is -0.396 e. The fourth-order valence-corrected chi connectivity index (χ4v) is 0.972. The average Bonchev–Trinajstić information content (AvgIpc) is 2.08. The van der Waals surface area contributed by atoms with Gasteiger partial charge in [0.25, 0.3) is 0 Å². The normalized spacial score (nSPS) is 12.1. The Balaban J connectivity index is 3.18. The lowest BCUT2D eigenvalue weighted by Gasteiger charge is -2.05. The predicted octanol–water partition coefficient (Wildman–Crippen LogP) is 2.03. The summed E-state index contributed by atoms with van der Waals surface area (Å²) in [5, 5.41) is 8.55. The second-order valence-electron chi connectivity index (χ2n) is 2.60. The highest BCUT2D eigenvalue weighted by molar-refractivity contribution is 5.44. The quantitative estimate of drug-likeness (QED) is 0.645. The number of hydrogen-bond donors (Lipinski definition) is 1. The third kappa shape index (κ3) is 1.37. The Hall–Kier alpha value is -1.56. The van der Waals surface area contributed by atoms with Crippen LogP contribution in [0.4, 0.5) is 10.1 Å². The molecule has 0 aliphatic carbocycles. The van der Waals surface area contributed by atoms with Crippen LogP contribution in [0.2, 0.25) is 0 Å². The first kappa shape index (κ1) is 8.54. The molecule has 1 aromatic carbocycles. The lowest BCUT2D eigenvalue weighted by molar-refractivity contribution is 0.611. The van der Waals surface area contributed by atoms with E-state index in [-0.39, 0.29) is 5.69 Å². The van der Waals surface area contributed by atoms with Gasteiger partial charge in [0.05, 0.1) is 17.7 Å². The number of rotatable bonds is 1. The van der Waals surface area contributed by atoms with Gasteiger partial charge in [-0.1, -0.05) is 12.1 Å². The standard InChI is InChI=1S/C9H9FN2/c1-6(5-11)7-3-2-4-8(12)9(7)10/h2-4,6H,12H2,1H3. The van der Waals surface area contributed by atoms with Crippen molar-refractivity contribution in [3.8, 4) is 6.07 Å². The number of benzene rings is 1. The molecule has 0 heterocycles. The van der Waals surface area contributed by atoms with Crippen molar-refractivity contribution in [3.05, 3.63) is 29.6 Å². The van der Waals surface area contributed by atoms with Crippen molar-refractivity contribution in [2.45, 2.75) is 12.8 Å². The van der Waals surface area contributed by atoms with E-state index in [0.29, 0.717) is 5.56 Å². The maximum absolute atomic E-state index is 13.2. The fraction of sp³-hybridized carbons (Fsp3) is 0.222. The summed E-state index contributed by atoms with van der Waals surface area (Å²) in [5.41, 5.74) is 5.78. The molecule has 12 heavy (non-hydrogen) atoms. The van der Waals surface area contributed by atoms with Gasteiger partial charge in [0, 0.05) is 5.56 Å². The summed E-state index contributed by atoms with van der Waals surface area (Å²) < 4.78 is 13.2. The summed E-state index contributed by atoms with van der Waals surface area (Å²) in [5.74, 6) is -0.931. The molecule has 2 N–H and O–H groups in total. The van der Waals surface area contributed by atoms with Gasteiger partial charge in [-0.3, -0.25) is 0 Å². The van der Waals surface area contributed by atoms with Crippen LogP contribution in [0.25, 0.3) is 0 Å². The van der Waals surface area contributed by atoms with Crippen molar-refractivity contribution in [1.29, 1.82) is 5.26 Å². The van der Waals surface area contributed by atoms with E-state index in [1.54, 1.807) is 19.1 Å². The van der Waals surface area contributed by atoms with Gasteiger partial charge in [-0.2, -0.15) is 5.26 Å². The molecule has 3 heteroatoms. The fourth-order valence-electron chi connectivity index (χ4n) is 0.972. The molecule has 0 saturated carbocycles. The van der Waals surface area contributed by atoms with Crippen LogP contribution in [0.1, 0.15) is 18.4 Å². The highest BCUT2D eigenvalue weighted by atomic mass is 19.1. The van der Waals surface area contributed by atoms with Crippen molar-refractivity contribution in [3.63, 3.8) is 0 Å². The van der Waals surface area contributed by atoms with Gasteiger partial charge in [-0.25, -0.2) is 4.39 Å². The average molecular weight is 164 g/mol. The Bertz CT molecular complexity index is 328. The zero-order valence-electron chi connectivity index (χ0n) is 6.71. The highest BCUT2D eigenvalue weighted by Crippen LogP contribution is 2.21. The van der Waals surface area contributed by atoms with Crippen molar-refractivity contribution in [1.82, 2.24) is 0 Å². The number of nitriles is 1. The summed E-state index contributed by atoms with van der Waals surface area (Å²) in [4.78, 5) is 0. The molecule has 0 saturated heterocycles. The first-order valence-corrected chi connectivity index (χ1v) is 3.60. The molecule has 0 aliphatic heterocycles. The van der Waals surface area contributed by atoms with E-state index < -0.39 is 11.7 Å². The van der Waals surface area contributed by atoms with Crippen LogP contribution >= 0.6 is 0 Å². The zero-order chi connectivity index (χ0) is 9.14. The molecule has 0 spiro atoms. The highest BCUT2D eigenvalue weighted by Gasteiger charge is 2.11. The topological polar surface area (TPSA) is 49.8 Å². The monoisotopic (exact) mass is 164 g/mol. The Morgan fingerprint density at radius 3 is 2.83 bits per heavy atom. The van der Waals surface area contributed by atoms with Crippen LogP contribution in [-0.4, -0.2) is 0 Å². The number of nitrogens with zero attached hydrogens (tertiary/aromatic N) is 1. The van der Waals surface area contributed by atoms with Gasteiger partial charge in [0.1, 0.15) is 0 Å². The smallest absolute Gasteiger partial charge is 0.150 e. The minimum atomic E-state index is -0.480. The number of anilines is 1. The molecule has 1 rings (SSSR count). The summed E-state index contributed by atoms with van der Waals surface area (Å²) in [6, 6.07) is 6.64. The molecular weight excluding hydrogens is 155 g/mol. The Kier molecular flexibility index (Phi) is 2.29. The maximum Gasteiger partial charge on any atom is 0.150 e. The van der Waals surface area contributed by atoms with Crippen molar-refractivity contribution >= 4 is 5.69 Å². The van der Waals surface area contributed by atoms with E-state index in [1.807, 2.05) is 6.07 Å². The van der Waals surface area contributed by atoms with Crippen LogP contribution in [0.5, 0.6) is 0 Å². The summed E-state index contributed by atoms with van der Waals surface area (Å²) >= 11 is 0. The molecule has 2 nitrogen and oxygen atoms in total. The second-order valence-corrected chi connectivity index (χ2v) is 2.60. The second kappa shape index (κ2) is 3.22. The van der Waals surface area contributed by atoms with Gasteiger partial charge < -0.3 is 5.73 Å². The van der Waals surface area contributed by atoms with E-state index in [0.717, 1.165) is 0 Å². The molecule has 0 aliphatic rings. The molecule has 1 aromatic rings. The molecule has 1 unspecified atom stereocenters. The third-order valence-corrected chi connectivity index (χ3v) is 1.72. The lowest BCUT2D eigenvalue weighted by Crippen LogP contribution is -1.98. The summed E-state index contributed by atoms with van der Waals surface area (Å²) in [6.07, 6.45) is 0. The summed E-state index contributed by atoms with van der Waals surface area (Å²) in [7, 11) is 0. The molecule has 0 amide bonds. The SMILES string of the molecule is CC(C#N)c1cccc(N)c1F. The molecule has 0 bridgehead atoms. The molecular formula is C9H9FN2. The van der Waals surface area contributed by atoms with Crippen LogP contribution in [0.15, 0.2) is 18.2 Å². The van der Waals surface area contributed by atoms with Gasteiger partial charge in [-0.15, -0.1) is 0 Å². The van der Waals surface area contributed by atoms with Gasteiger partial charge >= 0.3 is 0 Å². The van der Waals surface area contributed by atoms with Gasteiger partial charge in [0.15, 0.2) is 5.82 Å². The van der Waals surface area contributed by atoms with Crippen LogP contribution in [0, 0.1) is 17.1 Å².